The standard InChI is InChI=1S/C20H25N5O2/c1-14(2)12-25-18-11-21-7-5-17(18)23-19(25)15-6-8-24(13-15)20(26)22-10-16-4-3-9-27-16/h3-5,7,9,11,14-15H,6,8,10,12-13H2,1-2H3,(H,22,26). The minimum absolute atomic E-state index is 0.0536. The Morgan fingerprint density at radius 1 is 1.41 bits per heavy atom. The molecule has 27 heavy (non-hydrogen) atoms. The summed E-state index contributed by atoms with van der Waals surface area (Å²) in [7, 11) is 0. The Morgan fingerprint density at radius 3 is 3.07 bits per heavy atom. The Labute approximate surface area is 158 Å². The summed E-state index contributed by atoms with van der Waals surface area (Å²) in [4.78, 5) is 23.5. The van der Waals surface area contributed by atoms with Gasteiger partial charge in [-0.15, -0.1) is 0 Å². The van der Waals surface area contributed by atoms with Crippen molar-refractivity contribution in [3.63, 3.8) is 0 Å². The van der Waals surface area contributed by atoms with Gasteiger partial charge in [0, 0.05) is 31.7 Å². The molecule has 7 heteroatoms. The van der Waals surface area contributed by atoms with E-state index in [4.69, 9.17) is 9.40 Å². The molecule has 0 aromatic carbocycles. The molecule has 0 bridgehead atoms. The first-order chi connectivity index (χ1) is 13.1. The number of fused-ring (bicyclic) bond motifs is 1. The molecule has 142 valence electrons. The monoisotopic (exact) mass is 367 g/mol. The van der Waals surface area contributed by atoms with Crippen molar-refractivity contribution in [1.29, 1.82) is 0 Å². The lowest BCUT2D eigenvalue weighted by Gasteiger charge is -2.18. The van der Waals surface area contributed by atoms with Crippen molar-refractivity contribution in [2.24, 2.45) is 5.92 Å². The van der Waals surface area contributed by atoms with E-state index < -0.39 is 0 Å². The number of furan rings is 1. The minimum Gasteiger partial charge on any atom is -0.467 e. The van der Waals surface area contributed by atoms with Crippen LogP contribution in [0.15, 0.2) is 41.3 Å². The normalized spacial score (nSPS) is 17.1. The highest BCUT2D eigenvalue weighted by Crippen LogP contribution is 2.30. The summed E-state index contributed by atoms with van der Waals surface area (Å²) >= 11 is 0. The molecule has 7 nitrogen and oxygen atoms in total. The van der Waals surface area contributed by atoms with Crippen LogP contribution in [0.25, 0.3) is 11.0 Å². The highest BCUT2D eigenvalue weighted by atomic mass is 16.3. The van der Waals surface area contributed by atoms with Crippen molar-refractivity contribution < 1.29 is 9.21 Å². The summed E-state index contributed by atoms with van der Waals surface area (Å²) in [6.45, 7) is 7.13. The average Bonchev–Trinajstić information content (AvgIpc) is 3.39. The van der Waals surface area contributed by atoms with Crippen molar-refractivity contribution in [1.82, 2.24) is 24.8 Å². The molecular weight excluding hydrogens is 342 g/mol. The molecule has 1 aliphatic heterocycles. The molecule has 3 aromatic heterocycles. The van der Waals surface area contributed by atoms with Crippen molar-refractivity contribution in [3.05, 3.63) is 48.4 Å². The summed E-state index contributed by atoms with van der Waals surface area (Å²) < 4.78 is 7.55. The number of pyridine rings is 1. The van der Waals surface area contributed by atoms with E-state index in [1.54, 1.807) is 12.5 Å². The second-order valence-electron chi connectivity index (χ2n) is 7.51. The lowest BCUT2D eigenvalue weighted by Crippen LogP contribution is -2.38. The van der Waals surface area contributed by atoms with Crippen LogP contribution >= 0.6 is 0 Å². The number of amides is 2. The number of hydrogen-bond donors (Lipinski definition) is 1. The van der Waals surface area contributed by atoms with Gasteiger partial charge in [-0.1, -0.05) is 13.8 Å². The van der Waals surface area contributed by atoms with Crippen molar-refractivity contribution in [3.8, 4) is 0 Å². The number of hydrogen-bond acceptors (Lipinski definition) is 4. The number of imidazole rings is 1. The maximum Gasteiger partial charge on any atom is 0.317 e. The van der Waals surface area contributed by atoms with Crippen LogP contribution in [-0.4, -0.2) is 38.6 Å². The number of likely N-dealkylation sites (tertiary alicyclic amines) is 1. The zero-order valence-electron chi connectivity index (χ0n) is 15.8. The zero-order valence-corrected chi connectivity index (χ0v) is 15.8. The Balaban J connectivity index is 1.49. The molecule has 0 radical (unpaired) electrons. The largest absolute Gasteiger partial charge is 0.467 e. The van der Waals surface area contributed by atoms with Gasteiger partial charge in [0.1, 0.15) is 11.6 Å². The Kier molecular flexibility index (Phi) is 4.83. The molecule has 4 heterocycles. The second-order valence-corrected chi connectivity index (χ2v) is 7.51. The van der Waals surface area contributed by atoms with Crippen LogP contribution in [0.3, 0.4) is 0 Å². The van der Waals surface area contributed by atoms with E-state index in [9.17, 15) is 4.79 Å². The van der Waals surface area contributed by atoms with E-state index in [-0.39, 0.29) is 11.9 Å². The van der Waals surface area contributed by atoms with E-state index in [1.165, 1.54) is 0 Å². The summed E-state index contributed by atoms with van der Waals surface area (Å²) in [5, 5.41) is 2.93. The number of carbonyl (C=O) groups is 1. The van der Waals surface area contributed by atoms with Gasteiger partial charge in [-0.25, -0.2) is 9.78 Å². The fourth-order valence-electron chi connectivity index (χ4n) is 3.70. The first kappa shape index (κ1) is 17.6. The number of nitrogens with one attached hydrogen (secondary N) is 1. The molecule has 1 aliphatic rings. The first-order valence-corrected chi connectivity index (χ1v) is 9.47. The Morgan fingerprint density at radius 2 is 2.30 bits per heavy atom. The molecule has 4 rings (SSSR count). The smallest absolute Gasteiger partial charge is 0.317 e. The molecule has 1 N–H and O–H groups in total. The number of nitrogens with zero attached hydrogens (tertiary/aromatic N) is 4. The maximum absolute atomic E-state index is 12.5. The van der Waals surface area contributed by atoms with Gasteiger partial charge in [0.05, 0.1) is 30.0 Å². The van der Waals surface area contributed by atoms with Crippen LogP contribution in [0.5, 0.6) is 0 Å². The third-order valence-electron chi connectivity index (χ3n) is 4.96. The first-order valence-electron chi connectivity index (χ1n) is 9.47. The van der Waals surface area contributed by atoms with Crippen LogP contribution in [-0.2, 0) is 13.1 Å². The van der Waals surface area contributed by atoms with E-state index in [1.807, 2.05) is 29.3 Å². The summed E-state index contributed by atoms with van der Waals surface area (Å²) in [6.07, 6.45) is 6.20. The van der Waals surface area contributed by atoms with E-state index in [2.05, 4.69) is 28.7 Å². The van der Waals surface area contributed by atoms with Crippen LogP contribution in [0.1, 0.15) is 37.8 Å². The summed E-state index contributed by atoms with van der Waals surface area (Å²) in [5.41, 5.74) is 2.04. The van der Waals surface area contributed by atoms with E-state index in [0.717, 1.165) is 42.1 Å². The highest BCUT2D eigenvalue weighted by Gasteiger charge is 2.31. The van der Waals surface area contributed by atoms with Gasteiger partial charge in [-0.3, -0.25) is 4.98 Å². The fraction of sp³-hybridized carbons (Fsp3) is 0.450. The predicted molar refractivity (Wildman–Crippen MR) is 102 cm³/mol. The molecule has 1 atom stereocenters. The molecule has 1 fully saturated rings. The third-order valence-corrected chi connectivity index (χ3v) is 4.96. The molecular formula is C20H25N5O2. The fourth-order valence-corrected chi connectivity index (χ4v) is 3.70. The van der Waals surface area contributed by atoms with Crippen molar-refractivity contribution in [2.45, 2.75) is 39.3 Å². The molecule has 0 spiro atoms. The summed E-state index contributed by atoms with van der Waals surface area (Å²) in [5.74, 6) is 2.57. The van der Waals surface area contributed by atoms with Gasteiger partial charge >= 0.3 is 6.03 Å². The van der Waals surface area contributed by atoms with Gasteiger partial charge in [-0.2, -0.15) is 0 Å². The average molecular weight is 367 g/mol. The quantitative estimate of drug-likeness (QED) is 0.750. The molecule has 1 saturated heterocycles. The van der Waals surface area contributed by atoms with Gasteiger partial charge in [0.25, 0.3) is 0 Å². The van der Waals surface area contributed by atoms with Crippen LogP contribution < -0.4 is 5.32 Å². The van der Waals surface area contributed by atoms with Crippen LogP contribution in [0.4, 0.5) is 4.79 Å². The maximum atomic E-state index is 12.5. The van der Waals surface area contributed by atoms with Crippen molar-refractivity contribution >= 4 is 17.1 Å². The van der Waals surface area contributed by atoms with Gasteiger partial charge < -0.3 is 19.2 Å². The number of rotatable bonds is 5. The van der Waals surface area contributed by atoms with E-state index in [0.29, 0.717) is 19.0 Å². The van der Waals surface area contributed by atoms with Crippen LogP contribution in [0.2, 0.25) is 0 Å². The highest BCUT2D eigenvalue weighted by molar-refractivity contribution is 5.76. The molecule has 3 aromatic rings. The minimum atomic E-state index is -0.0536. The number of aromatic nitrogens is 3. The zero-order chi connectivity index (χ0) is 18.8. The topological polar surface area (TPSA) is 76.2 Å². The molecule has 1 unspecified atom stereocenters. The molecule has 0 aliphatic carbocycles. The lowest BCUT2D eigenvalue weighted by molar-refractivity contribution is 0.206. The number of carbonyl (C=O) groups excluding carboxylic acids is 1. The van der Waals surface area contributed by atoms with Gasteiger partial charge in [-0.05, 0) is 30.5 Å². The van der Waals surface area contributed by atoms with Crippen LogP contribution in [0, 0.1) is 5.92 Å². The lowest BCUT2D eigenvalue weighted by atomic mass is 10.1. The Hall–Kier alpha value is -2.83. The van der Waals surface area contributed by atoms with Gasteiger partial charge in [0.2, 0.25) is 0 Å². The molecule has 0 saturated carbocycles. The molecule has 2 amide bonds. The van der Waals surface area contributed by atoms with E-state index >= 15 is 0 Å². The SMILES string of the molecule is CC(C)Cn1c(C2CCN(C(=O)NCc3ccco3)C2)nc2ccncc21. The predicted octanol–water partition coefficient (Wildman–Crippen LogP) is 3.38. The van der Waals surface area contributed by atoms with Crippen molar-refractivity contribution in [2.75, 3.05) is 13.1 Å². The summed E-state index contributed by atoms with van der Waals surface area (Å²) in [6, 6.07) is 5.58. The Bertz CT molecular complexity index is 916. The second kappa shape index (κ2) is 7.42. The van der Waals surface area contributed by atoms with Gasteiger partial charge in [0.15, 0.2) is 0 Å². The third kappa shape index (κ3) is 3.67. The number of urea groups is 1.